The van der Waals surface area contributed by atoms with Crippen LogP contribution in [0.2, 0.25) is 0 Å². The monoisotopic (exact) mass is 340 g/mol. The Morgan fingerprint density at radius 2 is 2.04 bits per heavy atom. The van der Waals surface area contributed by atoms with E-state index in [0.717, 1.165) is 43.2 Å². The number of nitrogens with one attached hydrogen (secondary N) is 1. The van der Waals surface area contributed by atoms with Gasteiger partial charge in [0.2, 0.25) is 11.8 Å². The minimum absolute atomic E-state index is 0.0660. The number of amides is 1. The molecule has 1 saturated carbocycles. The van der Waals surface area contributed by atoms with E-state index in [9.17, 15) is 4.79 Å². The number of likely N-dealkylation sites (tertiary alicyclic amines) is 1. The third-order valence-corrected chi connectivity index (χ3v) is 4.95. The van der Waals surface area contributed by atoms with Crippen molar-refractivity contribution in [2.75, 3.05) is 19.6 Å². The lowest BCUT2D eigenvalue weighted by atomic mass is 9.97. The molecule has 6 nitrogen and oxygen atoms in total. The zero-order chi connectivity index (χ0) is 17.1. The molecule has 0 unspecified atom stereocenters. The molecule has 1 aromatic heterocycles. The summed E-state index contributed by atoms with van der Waals surface area (Å²) in [6, 6.07) is 9.98. The van der Waals surface area contributed by atoms with Crippen molar-refractivity contribution in [3.05, 3.63) is 47.6 Å². The Labute approximate surface area is 147 Å². The van der Waals surface area contributed by atoms with Gasteiger partial charge < -0.3 is 9.84 Å². The van der Waals surface area contributed by atoms with E-state index in [4.69, 9.17) is 4.52 Å². The van der Waals surface area contributed by atoms with Crippen molar-refractivity contribution in [3.63, 3.8) is 0 Å². The molecule has 0 bridgehead atoms. The van der Waals surface area contributed by atoms with Crippen molar-refractivity contribution in [2.24, 2.45) is 0 Å². The van der Waals surface area contributed by atoms with Gasteiger partial charge in [0.15, 0.2) is 5.82 Å². The molecule has 132 valence electrons. The summed E-state index contributed by atoms with van der Waals surface area (Å²) < 4.78 is 5.39. The molecule has 2 aromatic rings. The molecule has 6 heteroatoms. The average Bonchev–Trinajstić information content (AvgIpc) is 3.38. The number of nitrogens with zero attached hydrogens (tertiary/aromatic N) is 3. The molecule has 0 spiro atoms. The average molecular weight is 340 g/mol. The van der Waals surface area contributed by atoms with Gasteiger partial charge in [0.05, 0.1) is 6.54 Å². The Morgan fingerprint density at radius 3 is 2.84 bits per heavy atom. The van der Waals surface area contributed by atoms with Crippen molar-refractivity contribution < 1.29 is 9.32 Å². The van der Waals surface area contributed by atoms with Crippen LogP contribution in [0.25, 0.3) is 0 Å². The van der Waals surface area contributed by atoms with Gasteiger partial charge in [0.1, 0.15) is 0 Å². The van der Waals surface area contributed by atoms with Crippen LogP contribution in [-0.4, -0.2) is 40.6 Å². The zero-order valence-corrected chi connectivity index (χ0v) is 14.4. The Kier molecular flexibility index (Phi) is 4.78. The zero-order valence-electron chi connectivity index (χ0n) is 14.4. The first kappa shape index (κ1) is 16.3. The number of carbonyl (C=O) groups excluding carboxylic acids is 1. The largest absolute Gasteiger partial charge is 0.351 e. The summed E-state index contributed by atoms with van der Waals surface area (Å²) in [5.74, 6) is 2.44. The predicted octanol–water partition coefficient (Wildman–Crippen LogP) is 2.44. The highest BCUT2D eigenvalue weighted by Gasteiger charge is 2.32. The first-order valence-corrected chi connectivity index (χ1v) is 9.14. The smallest absolute Gasteiger partial charge is 0.234 e. The summed E-state index contributed by atoms with van der Waals surface area (Å²) in [4.78, 5) is 19.0. The maximum absolute atomic E-state index is 12.2. The summed E-state index contributed by atoms with van der Waals surface area (Å²) in [6.45, 7) is 2.77. The van der Waals surface area contributed by atoms with E-state index in [-0.39, 0.29) is 11.8 Å². The number of benzene rings is 1. The summed E-state index contributed by atoms with van der Waals surface area (Å²) in [5, 5.41) is 7.18. The molecule has 1 aliphatic carbocycles. The Hall–Kier alpha value is -2.21. The van der Waals surface area contributed by atoms with Crippen molar-refractivity contribution in [3.8, 4) is 0 Å². The van der Waals surface area contributed by atoms with Crippen LogP contribution in [0.1, 0.15) is 54.8 Å². The highest BCUT2D eigenvalue weighted by Crippen LogP contribution is 2.39. The van der Waals surface area contributed by atoms with E-state index >= 15 is 0 Å². The number of carbonyl (C=O) groups is 1. The molecule has 1 amide bonds. The minimum atomic E-state index is 0.0660. The van der Waals surface area contributed by atoms with Crippen molar-refractivity contribution in [2.45, 2.75) is 44.1 Å². The number of piperidine rings is 1. The van der Waals surface area contributed by atoms with Gasteiger partial charge in [-0.1, -0.05) is 35.5 Å². The van der Waals surface area contributed by atoms with Gasteiger partial charge in [-0.25, -0.2) is 0 Å². The van der Waals surface area contributed by atoms with Gasteiger partial charge in [0.25, 0.3) is 0 Å². The van der Waals surface area contributed by atoms with Gasteiger partial charge in [-0.05, 0) is 37.8 Å². The SMILES string of the molecule is O=C(CN1CCC[C@@H](c2noc(C3CC3)n2)C1)NCc1ccccc1. The van der Waals surface area contributed by atoms with Crippen LogP contribution in [0.5, 0.6) is 0 Å². The lowest BCUT2D eigenvalue weighted by Crippen LogP contribution is -2.42. The number of hydrogen-bond donors (Lipinski definition) is 1. The highest BCUT2D eigenvalue weighted by atomic mass is 16.5. The van der Waals surface area contributed by atoms with E-state index in [1.807, 2.05) is 30.3 Å². The van der Waals surface area contributed by atoms with E-state index in [1.165, 1.54) is 12.8 Å². The van der Waals surface area contributed by atoms with Crippen LogP contribution in [0.15, 0.2) is 34.9 Å². The maximum Gasteiger partial charge on any atom is 0.234 e. The van der Waals surface area contributed by atoms with E-state index < -0.39 is 0 Å². The number of hydrogen-bond acceptors (Lipinski definition) is 5. The van der Waals surface area contributed by atoms with E-state index in [0.29, 0.717) is 19.0 Å². The summed E-state index contributed by atoms with van der Waals surface area (Å²) in [7, 11) is 0. The van der Waals surface area contributed by atoms with Gasteiger partial charge in [0, 0.05) is 24.9 Å². The topological polar surface area (TPSA) is 71.3 Å². The summed E-state index contributed by atoms with van der Waals surface area (Å²) >= 11 is 0. The molecule has 4 rings (SSSR count). The maximum atomic E-state index is 12.2. The Morgan fingerprint density at radius 1 is 1.20 bits per heavy atom. The van der Waals surface area contributed by atoms with Gasteiger partial charge in [-0.15, -0.1) is 0 Å². The van der Waals surface area contributed by atoms with Crippen LogP contribution in [0, 0.1) is 0 Å². The minimum Gasteiger partial charge on any atom is -0.351 e. The Balaban J connectivity index is 1.27. The van der Waals surface area contributed by atoms with Gasteiger partial charge in [-0.2, -0.15) is 4.98 Å². The van der Waals surface area contributed by atoms with Gasteiger partial charge >= 0.3 is 0 Å². The first-order chi connectivity index (χ1) is 12.3. The molecule has 2 heterocycles. The quantitative estimate of drug-likeness (QED) is 0.874. The summed E-state index contributed by atoms with van der Waals surface area (Å²) in [6.07, 6.45) is 4.45. The lowest BCUT2D eigenvalue weighted by Gasteiger charge is -2.30. The molecule has 2 fully saturated rings. The molecule has 1 saturated heterocycles. The second-order valence-electron chi connectivity index (χ2n) is 7.10. The van der Waals surface area contributed by atoms with Crippen molar-refractivity contribution in [1.29, 1.82) is 0 Å². The molecule has 1 N–H and O–H groups in total. The lowest BCUT2D eigenvalue weighted by molar-refractivity contribution is -0.122. The second kappa shape index (κ2) is 7.35. The van der Waals surface area contributed by atoms with Crippen LogP contribution >= 0.6 is 0 Å². The molecule has 25 heavy (non-hydrogen) atoms. The summed E-state index contributed by atoms with van der Waals surface area (Å²) in [5.41, 5.74) is 1.12. The van der Waals surface area contributed by atoms with Crippen LogP contribution in [0.4, 0.5) is 0 Å². The Bertz CT molecular complexity index is 711. The number of aromatic nitrogens is 2. The molecular weight excluding hydrogens is 316 g/mol. The molecular formula is C19H24N4O2. The van der Waals surface area contributed by atoms with Crippen LogP contribution < -0.4 is 5.32 Å². The molecule has 1 aromatic carbocycles. The molecule has 0 radical (unpaired) electrons. The fourth-order valence-corrected chi connectivity index (χ4v) is 3.37. The molecule has 2 aliphatic rings. The fraction of sp³-hybridized carbons (Fsp3) is 0.526. The predicted molar refractivity (Wildman–Crippen MR) is 93.0 cm³/mol. The van der Waals surface area contributed by atoms with E-state index in [2.05, 4.69) is 20.4 Å². The van der Waals surface area contributed by atoms with Gasteiger partial charge in [-0.3, -0.25) is 9.69 Å². The van der Waals surface area contributed by atoms with Crippen molar-refractivity contribution in [1.82, 2.24) is 20.4 Å². The van der Waals surface area contributed by atoms with E-state index in [1.54, 1.807) is 0 Å². The third kappa shape index (κ3) is 4.25. The third-order valence-electron chi connectivity index (χ3n) is 4.95. The second-order valence-corrected chi connectivity index (χ2v) is 7.10. The van der Waals surface area contributed by atoms with Crippen LogP contribution in [-0.2, 0) is 11.3 Å². The standard InChI is InChI=1S/C19H24N4O2/c24-17(20-11-14-5-2-1-3-6-14)13-23-10-4-7-16(12-23)18-21-19(25-22-18)15-8-9-15/h1-3,5-6,15-16H,4,7-13H2,(H,20,24)/t16-/m1/s1. The molecule has 1 atom stereocenters. The van der Waals surface area contributed by atoms with Crippen LogP contribution in [0.3, 0.4) is 0 Å². The fourth-order valence-electron chi connectivity index (χ4n) is 3.37. The van der Waals surface area contributed by atoms with Crippen molar-refractivity contribution >= 4 is 5.91 Å². The normalized spacial score (nSPS) is 21.2. The first-order valence-electron chi connectivity index (χ1n) is 9.14. The number of rotatable bonds is 6. The highest BCUT2D eigenvalue weighted by molar-refractivity contribution is 5.78. The molecule has 1 aliphatic heterocycles.